The number of aryl methyl sites for hydroxylation is 4. The predicted molar refractivity (Wildman–Crippen MR) is 482 cm³/mol. The Kier molecular flexibility index (Phi) is 32.0. The standard InChI is InChI=1S/C102H126N4O4Si2/c1-17-21-25-31-39-83-69-95(103-99-91(83)59-61-93-85(41-33-27-23-19-3)71-97(105-101(93)99)81-47-55-89(56-48-81)109-65-37-67-111(73(5)6,74(7)8)75(9)10)79-43-51-87(52-44-79)107-63-35-29-30-36-64-108-88-53-45-80(46-54-88)96-70-84(40-32-26-22-18-2)92-60-62-94-86(42-34-28-24-20-4)72-98(106-102(94)100(92)104-96)82-49-57-90(58-50-82)110-66-38-68-112(76(11)12,77(13)14)78(15)16/h43-62,69-78H,17-28,31-34,39-42,63-66H2,1-16H3. The Morgan fingerprint density at radius 3 is 0.688 bits per heavy atom. The number of ether oxygens (including phenoxy) is 4. The van der Waals surface area contributed by atoms with E-state index in [-0.39, 0.29) is 13.2 Å². The molecule has 10 rings (SSSR count). The number of rotatable bonds is 38. The highest BCUT2D eigenvalue weighted by atomic mass is 28.3. The van der Waals surface area contributed by atoms with Crippen LogP contribution in [-0.2, 0) is 25.7 Å². The average Bonchev–Trinajstić information content (AvgIpc) is 0.752. The van der Waals surface area contributed by atoms with Gasteiger partial charge in [0.1, 0.15) is 65.6 Å². The molecule has 0 amide bonds. The molecule has 8 nitrogen and oxygen atoms in total. The lowest BCUT2D eigenvalue weighted by Crippen LogP contribution is -2.43. The maximum absolute atomic E-state index is 6.29. The normalized spacial score (nSPS) is 11.7. The second-order valence-electron chi connectivity index (χ2n) is 32.9. The first-order valence-corrected chi connectivity index (χ1v) is 47.2. The van der Waals surface area contributed by atoms with Gasteiger partial charge in [0.2, 0.25) is 0 Å². The van der Waals surface area contributed by atoms with Crippen molar-refractivity contribution < 1.29 is 18.9 Å². The molecule has 0 fully saturated rings. The van der Waals surface area contributed by atoms with Crippen molar-refractivity contribution in [2.45, 2.75) is 272 Å². The summed E-state index contributed by atoms with van der Waals surface area (Å²) in [5, 5.41) is 4.70. The van der Waals surface area contributed by atoms with E-state index in [9.17, 15) is 0 Å². The Morgan fingerprint density at radius 1 is 0.268 bits per heavy atom. The smallest absolute Gasteiger partial charge is 0.150 e. The summed E-state index contributed by atoms with van der Waals surface area (Å²) in [5.41, 5.74) is 28.0. The summed E-state index contributed by atoms with van der Waals surface area (Å²) in [6, 6.07) is 51.8. The quantitative estimate of drug-likeness (QED) is 0.0164. The van der Waals surface area contributed by atoms with E-state index >= 15 is 0 Å². The number of aromatic nitrogens is 4. The second-order valence-corrected chi connectivity index (χ2v) is 44.0. The highest BCUT2D eigenvalue weighted by Gasteiger charge is 2.43. The lowest BCUT2D eigenvalue weighted by molar-refractivity contribution is 0.370. The highest BCUT2D eigenvalue weighted by molar-refractivity contribution is 6.91. The lowest BCUT2D eigenvalue weighted by Gasteiger charge is -2.38. The van der Waals surface area contributed by atoms with Crippen LogP contribution in [0.2, 0.25) is 33.2 Å². The van der Waals surface area contributed by atoms with Crippen molar-refractivity contribution in [3.05, 3.63) is 168 Å². The van der Waals surface area contributed by atoms with Crippen molar-refractivity contribution in [3.63, 3.8) is 0 Å². The van der Waals surface area contributed by atoms with Gasteiger partial charge in [-0.1, -0.05) is 224 Å². The molecule has 4 aromatic heterocycles. The van der Waals surface area contributed by atoms with Crippen LogP contribution in [-0.4, -0.2) is 62.5 Å². The lowest BCUT2D eigenvalue weighted by atomic mass is 9.95. The molecule has 4 heterocycles. The van der Waals surface area contributed by atoms with Crippen LogP contribution in [0, 0.1) is 46.6 Å². The van der Waals surface area contributed by atoms with Gasteiger partial charge in [-0.25, -0.2) is 19.9 Å². The number of hydrogen-bond acceptors (Lipinski definition) is 8. The molecule has 112 heavy (non-hydrogen) atoms. The number of hydrogen-bond donors (Lipinski definition) is 0. The van der Waals surface area contributed by atoms with Crippen molar-refractivity contribution >= 4 is 59.8 Å². The SMILES string of the molecule is CCCCCCc1cc(-c2ccc(OCC#CC#CCOc3ccc(-c4cc(CCCCCC)c5ccc6c(CCCCCC)cc(-c7ccc(OCC#C[Si](C(C)C)(C(C)C)C(C)C)cc7)nc6c5n4)cc3)cc2)nc2c1ccc1c(CCCCCC)cc(-c3ccc(OCC#C[Si](C(C)C)(C(C)C)C(C)C)cc3)nc12. The predicted octanol–water partition coefficient (Wildman–Crippen LogP) is 27.7. The van der Waals surface area contributed by atoms with Gasteiger partial charge in [-0.05, 0) is 252 Å². The molecule has 6 aromatic carbocycles. The minimum absolute atomic E-state index is 0.198. The Hall–Kier alpha value is -9.17. The molecule has 0 bridgehead atoms. The number of nitrogens with zero attached hydrogens (tertiary/aromatic N) is 4. The molecule has 0 atom stereocenters. The first-order chi connectivity index (χ1) is 54.3. The molecule has 0 radical (unpaired) electrons. The Labute approximate surface area is 675 Å². The third kappa shape index (κ3) is 21.6. The summed E-state index contributed by atoms with van der Waals surface area (Å²) in [4.78, 5) is 22.1. The number of pyridine rings is 4. The summed E-state index contributed by atoms with van der Waals surface area (Å²) < 4.78 is 24.9. The molecule has 10 aromatic rings. The summed E-state index contributed by atoms with van der Waals surface area (Å²) in [6.07, 6.45) is 22.8. The van der Waals surface area contributed by atoms with Gasteiger partial charge in [0.05, 0.1) is 44.8 Å². The molecule has 10 heteroatoms. The van der Waals surface area contributed by atoms with E-state index in [1.165, 1.54) is 121 Å². The number of benzene rings is 6. The molecular weight excluding hydrogens is 1400 g/mol. The van der Waals surface area contributed by atoms with Crippen LogP contribution in [0.1, 0.15) is 236 Å². The van der Waals surface area contributed by atoms with Gasteiger partial charge in [0.25, 0.3) is 0 Å². The zero-order valence-electron chi connectivity index (χ0n) is 70.7. The minimum atomic E-state index is -1.84. The van der Waals surface area contributed by atoms with Crippen molar-refractivity contribution in [2.24, 2.45) is 0 Å². The molecule has 0 unspecified atom stereocenters. The maximum Gasteiger partial charge on any atom is 0.150 e. The van der Waals surface area contributed by atoms with Gasteiger partial charge in [0.15, 0.2) is 0 Å². The minimum Gasteiger partial charge on any atom is -0.481 e. The van der Waals surface area contributed by atoms with Crippen molar-refractivity contribution in [1.29, 1.82) is 0 Å². The third-order valence-electron chi connectivity index (χ3n) is 23.5. The van der Waals surface area contributed by atoms with Crippen LogP contribution < -0.4 is 18.9 Å². The molecule has 0 N–H and O–H groups in total. The van der Waals surface area contributed by atoms with Crippen LogP contribution in [0.3, 0.4) is 0 Å². The fourth-order valence-corrected chi connectivity index (χ4v) is 27.9. The zero-order chi connectivity index (χ0) is 79.6. The molecule has 0 aliphatic carbocycles. The average molecular weight is 1530 g/mol. The zero-order valence-corrected chi connectivity index (χ0v) is 72.7. The van der Waals surface area contributed by atoms with Gasteiger partial charge in [-0.3, -0.25) is 0 Å². The Morgan fingerprint density at radius 2 is 0.482 bits per heavy atom. The molecule has 0 aliphatic heterocycles. The van der Waals surface area contributed by atoms with Crippen LogP contribution in [0.25, 0.3) is 88.6 Å². The molecule has 0 saturated carbocycles. The summed E-state index contributed by atoms with van der Waals surface area (Å²) >= 11 is 0. The van der Waals surface area contributed by atoms with Crippen LogP contribution in [0.15, 0.2) is 146 Å². The maximum atomic E-state index is 6.29. The summed E-state index contributed by atoms with van der Waals surface area (Å²) in [7, 11) is -3.68. The fourth-order valence-electron chi connectivity index (χ4n) is 17.4. The molecule has 0 saturated heterocycles. The van der Waals surface area contributed by atoms with Crippen LogP contribution in [0.5, 0.6) is 23.0 Å². The Bertz CT molecular complexity index is 4630. The van der Waals surface area contributed by atoms with Gasteiger partial charge in [-0.2, -0.15) is 0 Å². The topological polar surface area (TPSA) is 88.5 Å². The third-order valence-corrected chi connectivity index (χ3v) is 36.2. The van der Waals surface area contributed by atoms with Crippen LogP contribution >= 0.6 is 0 Å². The molecule has 0 spiro atoms. The van der Waals surface area contributed by atoms with Gasteiger partial charge in [-0.15, -0.1) is 11.1 Å². The monoisotopic (exact) mass is 1530 g/mol. The summed E-state index contributed by atoms with van der Waals surface area (Å²) in [6.45, 7) is 38.5. The molecular formula is C102H126N4O4Si2. The molecule has 0 aliphatic rings. The van der Waals surface area contributed by atoms with E-state index in [0.717, 1.165) is 141 Å². The van der Waals surface area contributed by atoms with E-state index in [2.05, 4.69) is 279 Å². The first kappa shape index (κ1) is 85.3. The largest absolute Gasteiger partial charge is 0.481 e. The Balaban J connectivity index is 0.830. The highest BCUT2D eigenvalue weighted by Crippen LogP contribution is 2.44. The van der Waals surface area contributed by atoms with Crippen molar-refractivity contribution in [3.8, 4) is 115 Å². The molecule has 586 valence electrons. The van der Waals surface area contributed by atoms with Crippen LogP contribution in [0.4, 0.5) is 0 Å². The van der Waals surface area contributed by atoms with Crippen molar-refractivity contribution in [2.75, 3.05) is 26.4 Å². The van der Waals surface area contributed by atoms with E-state index in [1.807, 2.05) is 24.3 Å². The second kappa shape index (κ2) is 42.1. The number of fused-ring (bicyclic) bond motifs is 6. The van der Waals surface area contributed by atoms with E-state index in [1.54, 1.807) is 0 Å². The fraction of sp³-hybridized carbons (Fsp3) is 0.451. The van der Waals surface area contributed by atoms with Gasteiger partial charge in [0, 0.05) is 43.8 Å². The van der Waals surface area contributed by atoms with E-state index in [0.29, 0.717) is 46.5 Å². The van der Waals surface area contributed by atoms with Gasteiger partial charge < -0.3 is 18.9 Å². The number of unbranched alkanes of at least 4 members (excludes halogenated alkanes) is 12. The van der Waals surface area contributed by atoms with E-state index < -0.39 is 16.1 Å². The first-order valence-electron chi connectivity index (χ1n) is 42.7. The van der Waals surface area contributed by atoms with Crippen molar-refractivity contribution in [1.82, 2.24) is 19.9 Å². The van der Waals surface area contributed by atoms with E-state index in [4.69, 9.17) is 38.9 Å². The van der Waals surface area contributed by atoms with Gasteiger partial charge >= 0.3 is 0 Å². The summed E-state index contributed by atoms with van der Waals surface area (Å²) in [5.74, 6) is 22.2.